The molecule has 0 aromatic heterocycles. The van der Waals surface area contributed by atoms with Crippen molar-refractivity contribution in [2.45, 2.75) is 38.6 Å². The van der Waals surface area contributed by atoms with E-state index in [1.165, 1.54) is 38.8 Å². The zero-order chi connectivity index (χ0) is 9.97. The molecule has 2 nitrogen and oxygen atoms in total. The summed E-state index contributed by atoms with van der Waals surface area (Å²) in [5.41, 5.74) is 0. The fourth-order valence-corrected chi connectivity index (χ4v) is 2.66. The van der Waals surface area contributed by atoms with Crippen molar-refractivity contribution in [1.29, 1.82) is 0 Å². The first-order chi connectivity index (χ1) is 6.75. The second-order valence-corrected chi connectivity index (χ2v) is 4.64. The van der Waals surface area contributed by atoms with E-state index < -0.39 is 0 Å². The molecule has 1 atom stereocenters. The van der Waals surface area contributed by atoms with Gasteiger partial charge < -0.3 is 10.2 Å². The average molecular weight is 183 g/mol. The Bertz CT molecular complexity index is 178. The number of nitrogens with one attached hydrogen (secondary N) is 1. The highest BCUT2D eigenvalue weighted by molar-refractivity contribution is 4.81. The number of hydrogen-bond acceptors (Lipinski definition) is 2. The van der Waals surface area contributed by atoms with Crippen LogP contribution in [0.25, 0.3) is 0 Å². The van der Waals surface area contributed by atoms with Gasteiger partial charge in [-0.2, -0.15) is 0 Å². The van der Waals surface area contributed by atoms with Gasteiger partial charge in [0, 0.05) is 12.6 Å². The molecule has 2 rings (SSSR count). The summed E-state index contributed by atoms with van der Waals surface area (Å²) < 4.78 is 7.53. The third-order valence-corrected chi connectivity index (χ3v) is 3.45. The first kappa shape index (κ1) is 8.25. The quantitative estimate of drug-likeness (QED) is 0.662. The van der Waals surface area contributed by atoms with E-state index in [9.17, 15) is 0 Å². The molecule has 0 saturated carbocycles. The average Bonchev–Trinajstić information content (AvgIpc) is 2.19. The number of likely N-dealkylation sites (tertiary alicyclic amines) is 1. The number of nitrogens with zero attached hydrogens (tertiary/aromatic N) is 1. The van der Waals surface area contributed by atoms with Gasteiger partial charge >= 0.3 is 0 Å². The lowest BCUT2D eigenvalue weighted by Gasteiger charge is -2.39. The Morgan fingerprint density at radius 2 is 2.08 bits per heavy atom. The predicted octanol–water partition coefficient (Wildman–Crippen LogP) is 1.47. The van der Waals surface area contributed by atoms with Crippen LogP contribution < -0.4 is 5.31 Å². The SMILES string of the molecule is [2H]N1CCC(N2CCC[C@@H](C)C2)CC1. The maximum Gasteiger partial charge on any atom is 0.122 e. The summed E-state index contributed by atoms with van der Waals surface area (Å²) in [6, 6.07) is 0.777. The molecule has 0 amide bonds. The fourth-order valence-electron chi connectivity index (χ4n) is 2.66. The Labute approximate surface area is 83.1 Å². The fraction of sp³-hybridized carbons (Fsp3) is 1.00. The Morgan fingerprint density at radius 3 is 2.77 bits per heavy atom. The topological polar surface area (TPSA) is 15.3 Å². The van der Waals surface area contributed by atoms with Crippen molar-refractivity contribution in [1.82, 2.24) is 10.2 Å². The van der Waals surface area contributed by atoms with Crippen molar-refractivity contribution < 1.29 is 1.41 Å². The largest absolute Gasteiger partial charge is 0.317 e. The molecule has 0 aromatic carbocycles. The van der Waals surface area contributed by atoms with Gasteiger partial charge in [0.05, 0.1) is 0 Å². The zero-order valence-corrected chi connectivity index (χ0v) is 8.71. The van der Waals surface area contributed by atoms with Crippen LogP contribution >= 0.6 is 0 Å². The first-order valence-electron chi connectivity index (χ1n) is 6.18. The van der Waals surface area contributed by atoms with Crippen LogP contribution in [0.4, 0.5) is 0 Å². The highest BCUT2D eigenvalue weighted by Crippen LogP contribution is 2.21. The number of piperidine rings is 2. The summed E-state index contributed by atoms with van der Waals surface area (Å²) in [5.74, 6) is 0.887. The molecule has 2 aliphatic heterocycles. The molecular weight excluding hydrogens is 160 g/mol. The summed E-state index contributed by atoms with van der Waals surface area (Å²) in [5, 5.41) is 1.71. The van der Waals surface area contributed by atoms with E-state index in [-0.39, 0.29) is 0 Å². The second kappa shape index (κ2) is 4.43. The lowest BCUT2D eigenvalue weighted by molar-refractivity contribution is 0.108. The van der Waals surface area contributed by atoms with E-state index in [4.69, 9.17) is 1.41 Å². The summed E-state index contributed by atoms with van der Waals surface area (Å²) in [7, 11) is 0. The molecule has 0 unspecified atom stereocenters. The summed E-state index contributed by atoms with van der Waals surface area (Å²) in [6.45, 7) is 6.90. The van der Waals surface area contributed by atoms with Crippen LogP contribution in [-0.2, 0) is 0 Å². The molecule has 2 heterocycles. The Hall–Kier alpha value is -0.0800. The standard InChI is InChI=1S/C11H22N2/c1-10-3-2-8-13(9-10)11-4-6-12-7-5-11/h10-12H,2-9H2,1H3/t10-/m1/s1/i/hD. The summed E-state index contributed by atoms with van der Waals surface area (Å²) in [6.07, 6.45) is 5.20. The molecule has 2 aliphatic rings. The third kappa shape index (κ3) is 2.44. The molecular formula is C11H22N2. The minimum absolute atomic E-state index is 0.777. The van der Waals surface area contributed by atoms with Crippen LogP contribution in [0.1, 0.15) is 32.6 Å². The Kier molecular flexibility index (Phi) is 2.81. The van der Waals surface area contributed by atoms with Crippen molar-refractivity contribution in [2.24, 2.45) is 5.92 Å². The normalized spacial score (nSPS) is 36.1. The Morgan fingerprint density at radius 1 is 1.31 bits per heavy atom. The van der Waals surface area contributed by atoms with Crippen LogP contribution in [0.3, 0.4) is 0 Å². The van der Waals surface area contributed by atoms with Gasteiger partial charge in [-0.25, -0.2) is 0 Å². The van der Waals surface area contributed by atoms with E-state index >= 15 is 0 Å². The molecule has 0 bridgehead atoms. The molecule has 2 fully saturated rings. The second-order valence-electron chi connectivity index (χ2n) is 4.64. The molecule has 0 spiro atoms. The molecule has 0 aliphatic carbocycles. The third-order valence-electron chi connectivity index (χ3n) is 3.45. The van der Waals surface area contributed by atoms with Crippen molar-refractivity contribution in [3.8, 4) is 0 Å². The molecule has 0 aromatic rings. The lowest BCUT2D eigenvalue weighted by atomic mass is 9.96. The molecule has 2 saturated heterocycles. The monoisotopic (exact) mass is 183 g/mol. The molecule has 13 heavy (non-hydrogen) atoms. The maximum absolute atomic E-state index is 7.53. The van der Waals surface area contributed by atoms with Crippen molar-refractivity contribution >= 4 is 0 Å². The number of rotatable bonds is 1. The highest BCUT2D eigenvalue weighted by Gasteiger charge is 2.24. The molecule has 76 valence electrons. The van der Waals surface area contributed by atoms with Gasteiger partial charge in [0.2, 0.25) is 0 Å². The van der Waals surface area contributed by atoms with Crippen LogP contribution in [-0.4, -0.2) is 37.1 Å². The van der Waals surface area contributed by atoms with E-state index in [2.05, 4.69) is 11.8 Å². The predicted molar refractivity (Wildman–Crippen MR) is 55.9 cm³/mol. The van der Waals surface area contributed by atoms with E-state index in [1.54, 1.807) is 5.31 Å². The van der Waals surface area contributed by atoms with Gasteiger partial charge in [-0.05, 0) is 51.2 Å². The van der Waals surface area contributed by atoms with Gasteiger partial charge in [0.15, 0.2) is 0 Å². The van der Waals surface area contributed by atoms with E-state index in [0.717, 1.165) is 25.0 Å². The van der Waals surface area contributed by atoms with Crippen LogP contribution in [0.5, 0.6) is 0 Å². The van der Waals surface area contributed by atoms with Crippen molar-refractivity contribution in [3.63, 3.8) is 0 Å². The summed E-state index contributed by atoms with van der Waals surface area (Å²) >= 11 is 0. The van der Waals surface area contributed by atoms with Crippen LogP contribution in [0.15, 0.2) is 0 Å². The minimum atomic E-state index is 0.777. The van der Waals surface area contributed by atoms with Crippen molar-refractivity contribution in [2.75, 3.05) is 26.2 Å². The zero-order valence-electron chi connectivity index (χ0n) is 9.71. The minimum Gasteiger partial charge on any atom is -0.317 e. The molecule has 2 heteroatoms. The van der Waals surface area contributed by atoms with E-state index in [0.29, 0.717) is 0 Å². The van der Waals surface area contributed by atoms with Gasteiger partial charge in [-0.3, -0.25) is 0 Å². The lowest BCUT2D eigenvalue weighted by Crippen LogP contribution is -2.47. The summed E-state index contributed by atoms with van der Waals surface area (Å²) in [4.78, 5) is 2.67. The van der Waals surface area contributed by atoms with Gasteiger partial charge in [-0.1, -0.05) is 6.92 Å². The Balaban J connectivity index is 1.82. The van der Waals surface area contributed by atoms with Crippen LogP contribution in [0, 0.1) is 5.92 Å². The van der Waals surface area contributed by atoms with Crippen molar-refractivity contribution in [3.05, 3.63) is 0 Å². The van der Waals surface area contributed by atoms with Crippen LogP contribution in [0.2, 0.25) is 1.41 Å². The van der Waals surface area contributed by atoms with Gasteiger partial charge in [0.1, 0.15) is 1.41 Å². The highest BCUT2D eigenvalue weighted by atomic mass is 15.2. The number of hydrogen-bond donors (Lipinski definition) is 1. The smallest absolute Gasteiger partial charge is 0.122 e. The molecule has 0 radical (unpaired) electrons. The molecule has 1 N–H and O–H groups in total. The van der Waals surface area contributed by atoms with E-state index in [1.807, 2.05) is 0 Å². The first-order valence-corrected chi connectivity index (χ1v) is 5.73. The van der Waals surface area contributed by atoms with Gasteiger partial charge in [-0.15, -0.1) is 0 Å². The van der Waals surface area contributed by atoms with Gasteiger partial charge in [0.25, 0.3) is 0 Å². The maximum atomic E-state index is 7.53.